The van der Waals surface area contributed by atoms with Crippen LogP contribution in [0, 0.1) is 11.3 Å². The minimum Gasteiger partial charge on any atom is -0.487 e. The molecule has 2 fully saturated rings. The number of nitrogens with one attached hydrogen (secondary N) is 1. The van der Waals surface area contributed by atoms with E-state index in [0.29, 0.717) is 18.8 Å². The number of nitrogens with zero attached hydrogens (tertiary/aromatic N) is 3. The van der Waals surface area contributed by atoms with Crippen molar-refractivity contribution in [3.63, 3.8) is 0 Å². The van der Waals surface area contributed by atoms with Gasteiger partial charge in [-0.05, 0) is 25.3 Å². The number of ether oxygens (including phenoxy) is 2. The lowest BCUT2D eigenvalue weighted by Crippen LogP contribution is -2.29. The Balaban J connectivity index is 1.46. The van der Waals surface area contributed by atoms with E-state index in [4.69, 9.17) is 14.7 Å². The summed E-state index contributed by atoms with van der Waals surface area (Å²) in [5.41, 5.74) is 0.896. The Kier molecular flexibility index (Phi) is 6.81. The van der Waals surface area contributed by atoms with E-state index in [1.165, 1.54) is 12.8 Å². The number of nitriles is 1. The number of hydrogen-bond acceptors (Lipinski definition) is 6. The summed E-state index contributed by atoms with van der Waals surface area (Å²) in [5, 5.41) is 11.7. The molecule has 140 valence electrons. The topological polar surface area (TPSA) is 87.5 Å². The number of rotatable bonds is 8. The van der Waals surface area contributed by atoms with Crippen molar-refractivity contribution in [1.82, 2.24) is 15.2 Å². The molecule has 0 unspecified atom stereocenters. The molecule has 1 N–H and O–H groups in total. The van der Waals surface area contributed by atoms with Gasteiger partial charge in [-0.3, -0.25) is 14.7 Å². The van der Waals surface area contributed by atoms with E-state index in [1.807, 2.05) is 6.07 Å². The van der Waals surface area contributed by atoms with Gasteiger partial charge in [0.25, 0.3) is 0 Å². The van der Waals surface area contributed by atoms with Gasteiger partial charge in [0.2, 0.25) is 5.91 Å². The Morgan fingerprint density at radius 2 is 2.19 bits per heavy atom. The van der Waals surface area contributed by atoms with Crippen molar-refractivity contribution < 1.29 is 14.3 Å². The van der Waals surface area contributed by atoms with Crippen molar-refractivity contribution in [3.8, 4) is 11.8 Å². The van der Waals surface area contributed by atoms with E-state index in [0.717, 1.165) is 37.9 Å². The summed E-state index contributed by atoms with van der Waals surface area (Å²) < 4.78 is 11.7. The monoisotopic (exact) mass is 358 g/mol. The van der Waals surface area contributed by atoms with Gasteiger partial charge in [-0.25, -0.2) is 0 Å². The summed E-state index contributed by atoms with van der Waals surface area (Å²) >= 11 is 0. The fourth-order valence-electron chi connectivity index (χ4n) is 3.47. The predicted molar refractivity (Wildman–Crippen MR) is 95.4 cm³/mol. The minimum absolute atomic E-state index is 0.0488. The molecule has 1 amide bonds. The van der Waals surface area contributed by atoms with Gasteiger partial charge in [-0.1, -0.05) is 12.8 Å². The van der Waals surface area contributed by atoms with Crippen molar-refractivity contribution in [2.45, 2.75) is 50.9 Å². The summed E-state index contributed by atoms with van der Waals surface area (Å²) in [6.07, 6.45) is 9.04. The summed E-state index contributed by atoms with van der Waals surface area (Å²) in [6.45, 7) is 2.53. The molecule has 26 heavy (non-hydrogen) atoms. The second-order valence-electron chi connectivity index (χ2n) is 6.90. The molecule has 2 aliphatic rings. The SMILES string of the molecule is N#CCN1CC[C@H](Oc2cnccc2CNC(=O)COC2CCCC2)C1. The number of aromatic nitrogens is 1. The van der Waals surface area contributed by atoms with Crippen LogP contribution in [0.1, 0.15) is 37.7 Å². The smallest absolute Gasteiger partial charge is 0.246 e. The van der Waals surface area contributed by atoms with Crippen LogP contribution in [0.25, 0.3) is 0 Å². The molecule has 3 rings (SSSR count). The Bertz CT molecular complexity index is 640. The maximum absolute atomic E-state index is 12.0. The molecule has 0 radical (unpaired) electrons. The third-order valence-corrected chi connectivity index (χ3v) is 4.92. The fourth-order valence-corrected chi connectivity index (χ4v) is 3.47. The average Bonchev–Trinajstić information content (AvgIpc) is 3.32. The van der Waals surface area contributed by atoms with Crippen LogP contribution in [0.4, 0.5) is 0 Å². The first-order chi connectivity index (χ1) is 12.7. The normalized spacial score (nSPS) is 20.8. The molecule has 1 saturated carbocycles. The van der Waals surface area contributed by atoms with Gasteiger partial charge in [-0.2, -0.15) is 5.26 Å². The van der Waals surface area contributed by atoms with Crippen molar-refractivity contribution in [3.05, 3.63) is 24.0 Å². The average molecular weight is 358 g/mol. The van der Waals surface area contributed by atoms with Crippen LogP contribution in [-0.4, -0.2) is 54.2 Å². The molecular weight excluding hydrogens is 332 g/mol. The van der Waals surface area contributed by atoms with Crippen LogP contribution >= 0.6 is 0 Å². The summed E-state index contributed by atoms with van der Waals surface area (Å²) in [6, 6.07) is 4.03. The Labute approximate surface area is 154 Å². The number of likely N-dealkylation sites (tertiary alicyclic amines) is 1. The fraction of sp³-hybridized carbons (Fsp3) is 0.632. The van der Waals surface area contributed by atoms with Crippen molar-refractivity contribution in [2.75, 3.05) is 26.2 Å². The Hall–Kier alpha value is -2.17. The van der Waals surface area contributed by atoms with E-state index >= 15 is 0 Å². The lowest BCUT2D eigenvalue weighted by molar-refractivity contribution is -0.127. The van der Waals surface area contributed by atoms with Crippen molar-refractivity contribution >= 4 is 5.91 Å². The van der Waals surface area contributed by atoms with Gasteiger partial charge in [0.05, 0.1) is 24.9 Å². The quantitative estimate of drug-likeness (QED) is 0.711. The molecule has 1 aromatic rings. The number of carbonyl (C=O) groups excluding carboxylic acids is 1. The van der Waals surface area contributed by atoms with Gasteiger partial charge in [0.15, 0.2) is 0 Å². The standard InChI is InChI=1S/C19H26N4O3/c20-7-10-23-9-6-17(13-23)26-18-12-21-8-5-15(18)11-22-19(24)14-25-16-3-1-2-4-16/h5,8,12,16-17H,1-4,6,9-11,13-14H2,(H,22,24)/t17-/m0/s1. The van der Waals surface area contributed by atoms with Crippen molar-refractivity contribution in [1.29, 1.82) is 5.26 Å². The van der Waals surface area contributed by atoms with Crippen molar-refractivity contribution in [2.24, 2.45) is 0 Å². The maximum atomic E-state index is 12.0. The highest BCUT2D eigenvalue weighted by Gasteiger charge is 2.24. The van der Waals surface area contributed by atoms with Crippen LogP contribution in [0.5, 0.6) is 5.75 Å². The molecule has 1 aromatic heterocycles. The zero-order chi connectivity index (χ0) is 18.2. The van der Waals surface area contributed by atoms with Crippen LogP contribution in [0.2, 0.25) is 0 Å². The van der Waals surface area contributed by atoms with E-state index in [1.54, 1.807) is 12.4 Å². The van der Waals surface area contributed by atoms with E-state index in [-0.39, 0.29) is 24.7 Å². The molecule has 1 saturated heterocycles. The predicted octanol–water partition coefficient (Wildman–Crippen LogP) is 1.63. The summed E-state index contributed by atoms with van der Waals surface area (Å²) in [4.78, 5) is 18.2. The van der Waals surface area contributed by atoms with Crippen LogP contribution < -0.4 is 10.1 Å². The first kappa shape index (κ1) is 18.6. The van der Waals surface area contributed by atoms with E-state index in [2.05, 4.69) is 21.3 Å². The summed E-state index contributed by atoms with van der Waals surface area (Å²) in [7, 11) is 0. The third-order valence-electron chi connectivity index (χ3n) is 4.92. The highest BCUT2D eigenvalue weighted by atomic mass is 16.5. The Morgan fingerprint density at radius 1 is 1.35 bits per heavy atom. The van der Waals surface area contributed by atoms with Gasteiger partial charge in [0, 0.05) is 31.4 Å². The molecule has 0 spiro atoms. The second kappa shape index (κ2) is 9.51. The molecular formula is C19H26N4O3. The zero-order valence-corrected chi connectivity index (χ0v) is 15.0. The summed E-state index contributed by atoms with van der Waals surface area (Å²) in [5.74, 6) is 0.578. The third kappa shape index (κ3) is 5.41. The number of carbonyl (C=O) groups is 1. The molecule has 2 heterocycles. The first-order valence-corrected chi connectivity index (χ1v) is 9.31. The van der Waals surface area contributed by atoms with Gasteiger partial charge in [0.1, 0.15) is 18.5 Å². The molecule has 0 aromatic carbocycles. The maximum Gasteiger partial charge on any atom is 0.246 e. The molecule has 1 aliphatic heterocycles. The van der Waals surface area contributed by atoms with Crippen LogP contribution in [0.15, 0.2) is 18.5 Å². The van der Waals surface area contributed by atoms with Gasteiger partial charge < -0.3 is 14.8 Å². The lowest BCUT2D eigenvalue weighted by Gasteiger charge is -2.17. The largest absolute Gasteiger partial charge is 0.487 e. The number of pyridine rings is 1. The molecule has 7 nitrogen and oxygen atoms in total. The second-order valence-corrected chi connectivity index (χ2v) is 6.90. The van der Waals surface area contributed by atoms with Gasteiger partial charge >= 0.3 is 0 Å². The number of amides is 1. The highest BCUT2D eigenvalue weighted by Crippen LogP contribution is 2.22. The van der Waals surface area contributed by atoms with Crippen LogP contribution in [0.3, 0.4) is 0 Å². The molecule has 1 aliphatic carbocycles. The Morgan fingerprint density at radius 3 is 3.00 bits per heavy atom. The lowest BCUT2D eigenvalue weighted by atomic mass is 10.2. The first-order valence-electron chi connectivity index (χ1n) is 9.31. The van der Waals surface area contributed by atoms with Crippen LogP contribution in [-0.2, 0) is 16.1 Å². The van der Waals surface area contributed by atoms with E-state index in [9.17, 15) is 4.79 Å². The van der Waals surface area contributed by atoms with Gasteiger partial charge in [-0.15, -0.1) is 0 Å². The zero-order valence-electron chi connectivity index (χ0n) is 15.0. The molecule has 1 atom stereocenters. The number of hydrogen-bond donors (Lipinski definition) is 1. The highest BCUT2D eigenvalue weighted by molar-refractivity contribution is 5.77. The minimum atomic E-state index is -0.110. The van der Waals surface area contributed by atoms with E-state index < -0.39 is 0 Å². The molecule has 7 heteroatoms. The molecule has 0 bridgehead atoms.